The summed E-state index contributed by atoms with van der Waals surface area (Å²) in [7, 11) is 0. The molecule has 0 radical (unpaired) electrons. The van der Waals surface area contributed by atoms with Crippen LogP contribution in [0.1, 0.15) is 79.5 Å². The highest BCUT2D eigenvalue weighted by Crippen LogP contribution is 2.49. The Bertz CT molecular complexity index is 1360. The lowest BCUT2D eigenvalue weighted by Gasteiger charge is -2.40. The standard InChI is InChI=1S/C29H29F9N2O4/c1-3-39-22-8-7-18(27(30,31)32)13-21(22)23(15-5-4-6-16(9-15)25(41)42)40-14(2)24(44-26(40)43)17-10-19(28(33,34)35)12-20(11-17)29(36,37)38/h7-8,10-16,23-24,39H,3-6,9H2,1-2H3,(H,41,42). The third-order valence-corrected chi connectivity index (χ3v) is 8.13. The second kappa shape index (κ2) is 12.0. The lowest BCUT2D eigenvalue weighted by atomic mass is 9.74. The Kier molecular flexibility index (Phi) is 9.09. The van der Waals surface area contributed by atoms with Gasteiger partial charge in [-0.15, -0.1) is 0 Å². The zero-order valence-electron chi connectivity index (χ0n) is 23.4. The number of carboxylic acids is 1. The molecule has 44 heavy (non-hydrogen) atoms. The summed E-state index contributed by atoms with van der Waals surface area (Å²) < 4.78 is 128. The number of aliphatic carboxylic acids is 1. The monoisotopic (exact) mass is 640 g/mol. The molecule has 0 bridgehead atoms. The maximum atomic E-state index is 13.9. The molecule has 2 N–H and O–H groups in total. The van der Waals surface area contributed by atoms with Crippen LogP contribution in [-0.4, -0.2) is 34.7 Å². The lowest BCUT2D eigenvalue weighted by molar-refractivity contribution is -0.144. The van der Waals surface area contributed by atoms with E-state index in [1.807, 2.05) is 0 Å². The van der Waals surface area contributed by atoms with Crippen molar-refractivity contribution >= 4 is 17.7 Å². The molecule has 0 aromatic heterocycles. The van der Waals surface area contributed by atoms with Gasteiger partial charge in [-0.2, -0.15) is 39.5 Å². The third kappa shape index (κ3) is 6.85. The smallest absolute Gasteiger partial charge is 0.416 e. The number of cyclic esters (lactones) is 1. The number of amides is 1. The molecule has 15 heteroatoms. The summed E-state index contributed by atoms with van der Waals surface area (Å²) in [4.78, 5) is 26.4. The summed E-state index contributed by atoms with van der Waals surface area (Å²) in [6, 6.07) is 1.13. The van der Waals surface area contributed by atoms with Gasteiger partial charge >= 0.3 is 30.6 Å². The molecule has 2 aromatic rings. The first-order valence-corrected chi connectivity index (χ1v) is 13.8. The Hall–Kier alpha value is -3.65. The van der Waals surface area contributed by atoms with E-state index in [1.165, 1.54) is 6.92 Å². The van der Waals surface area contributed by atoms with Crippen LogP contribution >= 0.6 is 0 Å². The van der Waals surface area contributed by atoms with Gasteiger partial charge in [0.25, 0.3) is 0 Å². The van der Waals surface area contributed by atoms with Gasteiger partial charge in [-0.1, -0.05) is 6.42 Å². The van der Waals surface area contributed by atoms with Crippen molar-refractivity contribution in [3.8, 4) is 0 Å². The zero-order valence-corrected chi connectivity index (χ0v) is 23.4. The summed E-state index contributed by atoms with van der Waals surface area (Å²) in [6.45, 7) is 3.24. The number of benzene rings is 2. The van der Waals surface area contributed by atoms with Crippen LogP contribution in [0.5, 0.6) is 0 Å². The van der Waals surface area contributed by atoms with E-state index in [-0.39, 0.29) is 36.7 Å². The molecular weight excluding hydrogens is 611 g/mol. The van der Waals surface area contributed by atoms with E-state index in [9.17, 15) is 54.2 Å². The number of carboxylic acid groups (broad SMARTS) is 1. The molecule has 2 fully saturated rings. The second-order valence-electron chi connectivity index (χ2n) is 11.0. The van der Waals surface area contributed by atoms with Crippen molar-refractivity contribution in [2.45, 2.75) is 76.2 Å². The van der Waals surface area contributed by atoms with Crippen molar-refractivity contribution in [3.05, 3.63) is 64.2 Å². The molecule has 4 rings (SSSR count). The number of halogens is 9. The molecule has 1 saturated carbocycles. The van der Waals surface area contributed by atoms with Crippen molar-refractivity contribution in [3.63, 3.8) is 0 Å². The highest BCUT2D eigenvalue weighted by Gasteiger charge is 2.49. The van der Waals surface area contributed by atoms with Crippen LogP contribution in [0.25, 0.3) is 0 Å². The van der Waals surface area contributed by atoms with Gasteiger partial charge < -0.3 is 15.2 Å². The van der Waals surface area contributed by atoms with Gasteiger partial charge in [0.05, 0.1) is 34.7 Å². The fraction of sp³-hybridized carbons (Fsp3) is 0.517. The molecule has 5 atom stereocenters. The Labute approximate surface area is 246 Å². The number of carbonyl (C=O) groups is 2. The predicted molar refractivity (Wildman–Crippen MR) is 138 cm³/mol. The van der Waals surface area contributed by atoms with E-state index >= 15 is 0 Å². The summed E-state index contributed by atoms with van der Waals surface area (Å²) in [6.07, 6.45) is -17.1. The van der Waals surface area contributed by atoms with Crippen LogP contribution in [0.15, 0.2) is 36.4 Å². The van der Waals surface area contributed by atoms with Crippen LogP contribution in [0.3, 0.4) is 0 Å². The first-order chi connectivity index (χ1) is 20.3. The van der Waals surface area contributed by atoms with E-state index in [1.54, 1.807) is 6.92 Å². The highest BCUT2D eigenvalue weighted by atomic mass is 19.4. The van der Waals surface area contributed by atoms with Gasteiger partial charge in [0.1, 0.15) is 6.10 Å². The minimum absolute atomic E-state index is 0.0258. The number of ether oxygens (including phenoxy) is 1. The number of hydrogen-bond acceptors (Lipinski definition) is 4. The van der Waals surface area contributed by atoms with E-state index in [0.717, 1.165) is 23.1 Å². The summed E-state index contributed by atoms with van der Waals surface area (Å²) in [5, 5.41) is 12.6. The van der Waals surface area contributed by atoms with E-state index < -0.39 is 82.9 Å². The normalized spacial score (nSPS) is 23.8. The molecular formula is C29H29F9N2O4. The van der Waals surface area contributed by atoms with Gasteiger partial charge in [0, 0.05) is 12.2 Å². The van der Waals surface area contributed by atoms with Crippen molar-refractivity contribution < 1.29 is 58.9 Å². The van der Waals surface area contributed by atoms with E-state index in [2.05, 4.69) is 5.32 Å². The first kappa shape index (κ1) is 33.2. The summed E-state index contributed by atoms with van der Waals surface area (Å²) >= 11 is 0. The SMILES string of the molecule is CCNc1ccc(C(F)(F)F)cc1C(C1CCCC(C(=O)O)C1)N1C(=O)OC(c2cc(C(F)(F)F)cc(C(F)(F)F)c2)C1C. The van der Waals surface area contributed by atoms with Crippen LogP contribution < -0.4 is 5.32 Å². The Morgan fingerprint density at radius 1 is 0.955 bits per heavy atom. The van der Waals surface area contributed by atoms with E-state index in [0.29, 0.717) is 25.0 Å². The molecule has 5 unspecified atom stereocenters. The minimum Gasteiger partial charge on any atom is -0.481 e. The maximum Gasteiger partial charge on any atom is 0.416 e. The van der Waals surface area contributed by atoms with Crippen LogP contribution in [0.4, 0.5) is 50.0 Å². The molecule has 1 heterocycles. The quantitative estimate of drug-likeness (QED) is 0.296. The summed E-state index contributed by atoms with van der Waals surface area (Å²) in [5.74, 6) is -2.75. The van der Waals surface area contributed by atoms with Crippen LogP contribution in [0.2, 0.25) is 0 Å². The Morgan fingerprint density at radius 2 is 1.55 bits per heavy atom. The molecule has 0 spiro atoms. The number of nitrogens with zero attached hydrogens (tertiary/aromatic N) is 1. The number of alkyl halides is 9. The largest absolute Gasteiger partial charge is 0.481 e. The fourth-order valence-electron chi connectivity index (χ4n) is 6.14. The highest BCUT2D eigenvalue weighted by molar-refractivity contribution is 5.73. The van der Waals surface area contributed by atoms with Gasteiger partial charge in [-0.25, -0.2) is 4.79 Å². The molecule has 242 valence electrons. The molecule has 1 saturated heterocycles. The molecule has 2 aliphatic rings. The first-order valence-electron chi connectivity index (χ1n) is 13.8. The number of nitrogens with one attached hydrogen (secondary N) is 1. The van der Waals surface area contributed by atoms with Crippen molar-refractivity contribution in [2.75, 3.05) is 11.9 Å². The number of hydrogen-bond donors (Lipinski definition) is 2. The molecule has 1 aliphatic carbocycles. The average molecular weight is 641 g/mol. The van der Waals surface area contributed by atoms with Gasteiger partial charge in [0.2, 0.25) is 0 Å². The molecule has 1 aliphatic heterocycles. The molecule has 1 amide bonds. The number of anilines is 1. The second-order valence-corrected chi connectivity index (χ2v) is 11.0. The van der Waals surface area contributed by atoms with Crippen molar-refractivity contribution in [1.29, 1.82) is 0 Å². The van der Waals surface area contributed by atoms with Crippen LogP contribution in [-0.2, 0) is 28.1 Å². The number of rotatable bonds is 7. The van der Waals surface area contributed by atoms with Crippen molar-refractivity contribution in [2.24, 2.45) is 11.8 Å². The third-order valence-electron chi connectivity index (χ3n) is 8.13. The zero-order chi connectivity index (χ0) is 32.8. The minimum atomic E-state index is -5.17. The summed E-state index contributed by atoms with van der Waals surface area (Å²) in [5.41, 5.74) is -4.73. The van der Waals surface area contributed by atoms with Gasteiger partial charge in [-0.05, 0) is 86.6 Å². The number of carbonyl (C=O) groups excluding carboxylic acids is 1. The molecule has 6 nitrogen and oxygen atoms in total. The Morgan fingerprint density at radius 3 is 2.07 bits per heavy atom. The Balaban J connectivity index is 1.87. The predicted octanol–water partition coefficient (Wildman–Crippen LogP) is 8.69. The molecule has 2 aromatic carbocycles. The maximum absolute atomic E-state index is 13.9. The fourth-order valence-corrected chi connectivity index (χ4v) is 6.14. The van der Waals surface area contributed by atoms with E-state index in [4.69, 9.17) is 4.74 Å². The topological polar surface area (TPSA) is 78.9 Å². The lowest BCUT2D eigenvalue weighted by Crippen LogP contribution is -2.42. The van der Waals surface area contributed by atoms with Crippen molar-refractivity contribution in [1.82, 2.24) is 4.90 Å². The average Bonchev–Trinajstić information content (AvgIpc) is 3.21. The van der Waals surface area contributed by atoms with Gasteiger partial charge in [-0.3, -0.25) is 9.69 Å². The van der Waals surface area contributed by atoms with Gasteiger partial charge in [0.15, 0.2) is 0 Å². The van der Waals surface area contributed by atoms with Crippen LogP contribution in [0, 0.1) is 11.8 Å².